The summed E-state index contributed by atoms with van der Waals surface area (Å²) >= 11 is 0. The molecule has 2 fully saturated rings. The van der Waals surface area contributed by atoms with Gasteiger partial charge in [0.05, 0.1) is 18.1 Å². The van der Waals surface area contributed by atoms with Crippen molar-refractivity contribution in [1.82, 2.24) is 9.80 Å². The largest absolute Gasteiger partial charge is 0.372 e. The molecule has 5 nitrogen and oxygen atoms in total. The van der Waals surface area contributed by atoms with Crippen LogP contribution in [-0.4, -0.2) is 60.0 Å². The maximum atomic E-state index is 12.7. The van der Waals surface area contributed by atoms with Crippen LogP contribution in [0.5, 0.6) is 0 Å². The highest BCUT2D eigenvalue weighted by molar-refractivity contribution is 5.89. The normalized spacial score (nSPS) is 27.6. The molecule has 0 radical (unpaired) electrons. The molecule has 0 N–H and O–H groups in total. The summed E-state index contributed by atoms with van der Waals surface area (Å²) in [6.45, 7) is 6.45. The van der Waals surface area contributed by atoms with Crippen molar-refractivity contribution in [2.45, 2.75) is 38.9 Å². The summed E-state index contributed by atoms with van der Waals surface area (Å²) in [6.07, 6.45) is 1.29. The molecule has 24 heavy (non-hydrogen) atoms. The van der Waals surface area contributed by atoms with E-state index < -0.39 is 0 Å². The Morgan fingerprint density at radius 1 is 1.12 bits per heavy atom. The van der Waals surface area contributed by atoms with Crippen molar-refractivity contribution in [1.29, 1.82) is 0 Å². The number of carbonyl (C=O) groups is 2. The van der Waals surface area contributed by atoms with E-state index in [4.69, 9.17) is 4.74 Å². The third-order valence-electron chi connectivity index (χ3n) is 4.81. The lowest BCUT2D eigenvalue weighted by Gasteiger charge is -2.36. The van der Waals surface area contributed by atoms with Crippen molar-refractivity contribution in [2.24, 2.45) is 5.92 Å². The molecule has 3 atom stereocenters. The van der Waals surface area contributed by atoms with E-state index in [-0.39, 0.29) is 29.9 Å². The molecule has 5 heteroatoms. The first-order valence-corrected chi connectivity index (χ1v) is 8.79. The van der Waals surface area contributed by atoms with E-state index in [9.17, 15) is 9.59 Å². The smallest absolute Gasteiger partial charge is 0.228 e. The fraction of sp³-hybridized carbons (Fsp3) is 0.579. The number of benzene rings is 1. The van der Waals surface area contributed by atoms with Gasteiger partial charge in [-0.05, 0) is 25.8 Å². The lowest BCUT2D eigenvalue weighted by atomic mass is 10.1. The van der Waals surface area contributed by atoms with Crippen LogP contribution in [0.1, 0.15) is 25.8 Å². The van der Waals surface area contributed by atoms with Crippen LogP contribution in [0.2, 0.25) is 0 Å². The Kier molecular flexibility index (Phi) is 5.19. The SMILES string of the molecule is CC1CN(C(=O)C2CC(=O)N(CCc3ccccc3)C2)CC(C)O1. The molecule has 2 aliphatic heterocycles. The first kappa shape index (κ1) is 17.0. The van der Waals surface area contributed by atoms with Crippen LogP contribution >= 0.6 is 0 Å². The van der Waals surface area contributed by atoms with Gasteiger partial charge in [0, 0.05) is 32.6 Å². The fourth-order valence-corrected chi connectivity index (χ4v) is 3.68. The zero-order valence-electron chi connectivity index (χ0n) is 14.5. The molecule has 2 aliphatic rings. The first-order chi connectivity index (χ1) is 11.5. The van der Waals surface area contributed by atoms with E-state index in [2.05, 4.69) is 12.1 Å². The van der Waals surface area contributed by atoms with E-state index in [0.29, 0.717) is 32.6 Å². The summed E-state index contributed by atoms with van der Waals surface area (Å²) in [5.41, 5.74) is 1.22. The summed E-state index contributed by atoms with van der Waals surface area (Å²) in [7, 11) is 0. The average Bonchev–Trinajstić information content (AvgIpc) is 2.93. The van der Waals surface area contributed by atoms with Gasteiger partial charge in [0.15, 0.2) is 0 Å². The number of nitrogens with zero attached hydrogens (tertiary/aromatic N) is 2. The second kappa shape index (κ2) is 7.34. The summed E-state index contributed by atoms with van der Waals surface area (Å²) in [5, 5.41) is 0. The second-order valence-electron chi connectivity index (χ2n) is 6.98. The predicted octanol–water partition coefficient (Wildman–Crippen LogP) is 1.71. The Bertz CT molecular complexity index is 580. The number of rotatable bonds is 4. The number of carbonyl (C=O) groups excluding carboxylic acids is 2. The second-order valence-corrected chi connectivity index (χ2v) is 6.98. The van der Waals surface area contributed by atoms with E-state index in [1.54, 1.807) is 0 Å². The summed E-state index contributed by atoms with van der Waals surface area (Å²) in [5.74, 6) is -0.00280. The molecular weight excluding hydrogens is 304 g/mol. The van der Waals surface area contributed by atoms with Gasteiger partial charge in [-0.2, -0.15) is 0 Å². The van der Waals surface area contributed by atoms with E-state index >= 15 is 0 Å². The van der Waals surface area contributed by atoms with Crippen LogP contribution in [0.25, 0.3) is 0 Å². The minimum absolute atomic E-state index is 0.0592. The summed E-state index contributed by atoms with van der Waals surface area (Å²) < 4.78 is 5.69. The molecule has 1 aromatic carbocycles. The fourth-order valence-electron chi connectivity index (χ4n) is 3.68. The molecule has 0 saturated carbocycles. The van der Waals surface area contributed by atoms with Gasteiger partial charge in [-0.1, -0.05) is 30.3 Å². The van der Waals surface area contributed by atoms with Crippen molar-refractivity contribution in [3.63, 3.8) is 0 Å². The van der Waals surface area contributed by atoms with Gasteiger partial charge in [0.25, 0.3) is 0 Å². The van der Waals surface area contributed by atoms with Crippen molar-refractivity contribution in [2.75, 3.05) is 26.2 Å². The van der Waals surface area contributed by atoms with Gasteiger partial charge in [-0.15, -0.1) is 0 Å². The molecule has 2 amide bonds. The number of hydrogen-bond acceptors (Lipinski definition) is 3. The van der Waals surface area contributed by atoms with Crippen LogP contribution in [0.4, 0.5) is 0 Å². The number of likely N-dealkylation sites (tertiary alicyclic amines) is 1. The standard InChI is InChI=1S/C19H26N2O3/c1-14-11-21(12-15(2)24-14)19(23)17-10-18(22)20(13-17)9-8-16-6-4-3-5-7-16/h3-7,14-15,17H,8-13H2,1-2H3. The summed E-state index contributed by atoms with van der Waals surface area (Å²) in [6, 6.07) is 10.1. The third-order valence-corrected chi connectivity index (χ3v) is 4.81. The molecule has 0 spiro atoms. The minimum Gasteiger partial charge on any atom is -0.372 e. The van der Waals surface area contributed by atoms with Crippen LogP contribution in [0, 0.1) is 5.92 Å². The molecule has 0 bridgehead atoms. The average molecular weight is 330 g/mol. The van der Waals surface area contributed by atoms with Crippen LogP contribution in [0.3, 0.4) is 0 Å². The Labute approximate surface area is 143 Å². The molecule has 2 heterocycles. The van der Waals surface area contributed by atoms with Crippen molar-refractivity contribution >= 4 is 11.8 Å². The van der Waals surface area contributed by atoms with Crippen molar-refractivity contribution in [3.8, 4) is 0 Å². The van der Waals surface area contributed by atoms with Crippen molar-refractivity contribution in [3.05, 3.63) is 35.9 Å². The number of morpholine rings is 1. The maximum absolute atomic E-state index is 12.7. The quantitative estimate of drug-likeness (QED) is 0.844. The van der Waals surface area contributed by atoms with Crippen molar-refractivity contribution < 1.29 is 14.3 Å². The highest BCUT2D eigenvalue weighted by atomic mass is 16.5. The Morgan fingerprint density at radius 3 is 2.46 bits per heavy atom. The van der Waals surface area contributed by atoms with Gasteiger partial charge in [0.1, 0.15) is 0 Å². The van der Waals surface area contributed by atoms with Crippen LogP contribution in [-0.2, 0) is 20.7 Å². The molecule has 0 aromatic heterocycles. The zero-order valence-corrected chi connectivity index (χ0v) is 14.5. The lowest BCUT2D eigenvalue weighted by molar-refractivity contribution is -0.147. The molecule has 2 saturated heterocycles. The van der Waals surface area contributed by atoms with E-state index in [1.165, 1.54) is 5.56 Å². The highest BCUT2D eigenvalue weighted by Crippen LogP contribution is 2.22. The maximum Gasteiger partial charge on any atom is 0.228 e. The molecule has 3 rings (SSSR count). The first-order valence-electron chi connectivity index (χ1n) is 8.79. The van der Waals surface area contributed by atoms with Gasteiger partial charge >= 0.3 is 0 Å². The van der Waals surface area contributed by atoms with E-state index in [1.807, 2.05) is 41.8 Å². The zero-order chi connectivity index (χ0) is 17.1. The highest BCUT2D eigenvalue weighted by Gasteiger charge is 2.38. The number of hydrogen-bond donors (Lipinski definition) is 0. The van der Waals surface area contributed by atoms with E-state index in [0.717, 1.165) is 6.42 Å². The number of amides is 2. The number of ether oxygens (including phenoxy) is 1. The van der Waals surface area contributed by atoms with Crippen LogP contribution < -0.4 is 0 Å². The lowest BCUT2D eigenvalue weighted by Crippen LogP contribution is -2.50. The molecule has 130 valence electrons. The monoisotopic (exact) mass is 330 g/mol. The third kappa shape index (κ3) is 3.96. The Hall–Kier alpha value is -1.88. The molecular formula is C19H26N2O3. The predicted molar refractivity (Wildman–Crippen MR) is 91.4 cm³/mol. The summed E-state index contributed by atoms with van der Waals surface area (Å²) in [4.78, 5) is 28.7. The topological polar surface area (TPSA) is 49.9 Å². The van der Waals surface area contributed by atoms with Crippen LogP contribution in [0.15, 0.2) is 30.3 Å². The molecule has 1 aromatic rings. The Balaban J connectivity index is 1.55. The minimum atomic E-state index is -0.203. The van der Waals surface area contributed by atoms with Gasteiger partial charge in [-0.25, -0.2) is 0 Å². The molecule has 3 unspecified atom stereocenters. The van der Waals surface area contributed by atoms with Gasteiger partial charge < -0.3 is 14.5 Å². The van der Waals surface area contributed by atoms with Gasteiger partial charge in [-0.3, -0.25) is 9.59 Å². The Morgan fingerprint density at radius 2 is 1.79 bits per heavy atom. The van der Waals surface area contributed by atoms with Gasteiger partial charge in [0.2, 0.25) is 11.8 Å². The molecule has 0 aliphatic carbocycles.